The van der Waals surface area contributed by atoms with Gasteiger partial charge in [-0.15, -0.1) is 5.10 Å². The molecule has 14 nitrogen and oxygen atoms in total. The molecule has 0 aliphatic carbocycles. The highest BCUT2D eigenvalue weighted by Crippen LogP contribution is 2.31. The van der Waals surface area contributed by atoms with Crippen molar-refractivity contribution in [2.75, 3.05) is 25.0 Å². The monoisotopic (exact) mass is 678 g/mol. The molecule has 4 aromatic rings. The summed E-state index contributed by atoms with van der Waals surface area (Å²) in [6.07, 6.45) is 5.30. The molecule has 2 aromatic carbocycles. The topological polar surface area (TPSA) is 174 Å². The first-order chi connectivity index (χ1) is 22.7. The number of imidazole rings is 1. The van der Waals surface area contributed by atoms with Gasteiger partial charge in [0.25, 0.3) is 0 Å². The van der Waals surface area contributed by atoms with Crippen molar-refractivity contribution in [3.8, 4) is 16.9 Å². The van der Waals surface area contributed by atoms with Gasteiger partial charge in [-0.25, -0.2) is 9.78 Å². The van der Waals surface area contributed by atoms with Crippen LogP contribution in [0.4, 0.5) is 10.5 Å². The van der Waals surface area contributed by atoms with Gasteiger partial charge in [-0.1, -0.05) is 35.3 Å². The normalized spacial score (nSPS) is 18.7. The Balaban J connectivity index is 1.26. The quantitative estimate of drug-likeness (QED) is 0.187. The third-order valence-corrected chi connectivity index (χ3v) is 9.03. The number of piperazine rings is 1. The Morgan fingerprint density at radius 1 is 1.13 bits per heavy atom. The Kier molecular flexibility index (Phi) is 9.52. The average molecular weight is 680 g/mol. The number of tetrazole rings is 1. The van der Waals surface area contributed by atoms with Crippen molar-refractivity contribution in [2.24, 2.45) is 0 Å². The summed E-state index contributed by atoms with van der Waals surface area (Å²) in [5, 5.41) is 26.2. The van der Waals surface area contributed by atoms with E-state index in [1.165, 1.54) is 17.1 Å². The molecule has 4 heterocycles. The van der Waals surface area contributed by atoms with E-state index in [1.54, 1.807) is 48.5 Å². The zero-order valence-corrected chi connectivity index (χ0v) is 26.8. The maximum atomic E-state index is 13.8. The number of anilines is 1. The number of benzene rings is 2. The summed E-state index contributed by atoms with van der Waals surface area (Å²) in [7, 11) is 0. The van der Waals surface area contributed by atoms with Crippen LogP contribution in [0, 0.1) is 0 Å². The van der Waals surface area contributed by atoms with Crippen LogP contribution in [-0.2, 0) is 9.59 Å². The molecular formula is C31H32Cl2N10O4. The van der Waals surface area contributed by atoms with E-state index in [-0.39, 0.29) is 23.5 Å². The number of hydrogen-bond donors (Lipinski definition) is 4. The third kappa shape index (κ3) is 7.29. The first-order valence-corrected chi connectivity index (χ1v) is 15.8. The standard InChI is InChI=1S/C31H32Cl2N10O4/c1-18-24-3-2-12-41(24)13-14-42(18)27(45)16-23(30-37-28(29(33)38-30)19-4-8-22(9-5-19)35-31(46)47)36-26(44)11-6-20-15-21(32)7-10-25(20)43-17-34-39-40-43/h4-11,15,17-18,23-24,35H,2-3,12-14,16H2,1H3,(H,36,44)(H,37,38)(H,46,47)/b11-6+/t18?,23-,24?/m0/s1. The summed E-state index contributed by atoms with van der Waals surface area (Å²) >= 11 is 12.8. The molecular weight excluding hydrogens is 647 g/mol. The molecule has 16 heteroatoms. The van der Waals surface area contributed by atoms with Crippen molar-refractivity contribution < 1.29 is 19.5 Å². The van der Waals surface area contributed by atoms with Gasteiger partial charge in [0, 0.05) is 53.1 Å². The van der Waals surface area contributed by atoms with Crippen molar-refractivity contribution in [3.05, 3.63) is 76.4 Å². The van der Waals surface area contributed by atoms with E-state index in [0.29, 0.717) is 51.6 Å². The second-order valence-electron chi connectivity index (χ2n) is 11.4. The predicted molar refractivity (Wildman–Crippen MR) is 175 cm³/mol. The molecule has 0 bridgehead atoms. The van der Waals surface area contributed by atoms with Crippen LogP contribution in [-0.4, -0.2) is 94.7 Å². The summed E-state index contributed by atoms with van der Waals surface area (Å²) < 4.78 is 1.46. The average Bonchev–Trinajstić information content (AvgIpc) is 3.82. The third-order valence-electron chi connectivity index (χ3n) is 8.52. The molecule has 47 heavy (non-hydrogen) atoms. The van der Waals surface area contributed by atoms with Crippen molar-refractivity contribution >= 4 is 52.9 Å². The van der Waals surface area contributed by atoms with Gasteiger partial charge in [-0.05, 0) is 73.1 Å². The van der Waals surface area contributed by atoms with E-state index in [9.17, 15) is 14.4 Å². The first-order valence-electron chi connectivity index (χ1n) is 15.1. The Labute approximate surface area is 279 Å². The van der Waals surface area contributed by atoms with E-state index in [1.807, 2.05) is 4.90 Å². The lowest BCUT2D eigenvalue weighted by atomic mass is 10.0. The molecule has 0 saturated carbocycles. The summed E-state index contributed by atoms with van der Waals surface area (Å²) in [5.74, 6) is -0.276. The number of hydrogen-bond acceptors (Lipinski definition) is 8. The summed E-state index contributed by atoms with van der Waals surface area (Å²) in [6.45, 7) is 4.54. The van der Waals surface area contributed by atoms with Crippen molar-refractivity contribution in [1.29, 1.82) is 0 Å². The fourth-order valence-electron chi connectivity index (χ4n) is 6.27. The van der Waals surface area contributed by atoms with E-state index in [4.69, 9.17) is 28.3 Å². The van der Waals surface area contributed by atoms with Crippen molar-refractivity contribution in [3.63, 3.8) is 0 Å². The highest BCUT2D eigenvalue weighted by Gasteiger charge is 2.39. The Bertz CT molecular complexity index is 1790. The minimum Gasteiger partial charge on any atom is -0.465 e. The van der Waals surface area contributed by atoms with Gasteiger partial charge in [0.15, 0.2) is 0 Å². The van der Waals surface area contributed by atoms with Gasteiger partial charge >= 0.3 is 6.09 Å². The molecule has 2 fully saturated rings. The molecule has 244 valence electrons. The molecule has 0 radical (unpaired) electrons. The highest BCUT2D eigenvalue weighted by molar-refractivity contribution is 6.32. The second kappa shape index (κ2) is 13.9. The number of rotatable bonds is 9. The van der Waals surface area contributed by atoms with Crippen LogP contribution < -0.4 is 10.6 Å². The maximum absolute atomic E-state index is 13.8. The van der Waals surface area contributed by atoms with Crippen LogP contribution in [0.15, 0.2) is 54.9 Å². The number of amides is 3. The number of carbonyl (C=O) groups excluding carboxylic acids is 2. The molecule has 2 aliphatic rings. The van der Waals surface area contributed by atoms with Gasteiger partial charge in [0.1, 0.15) is 23.0 Å². The summed E-state index contributed by atoms with van der Waals surface area (Å²) in [5.41, 5.74) is 2.60. The van der Waals surface area contributed by atoms with Gasteiger partial charge in [-0.3, -0.25) is 19.8 Å². The Morgan fingerprint density at radius 2 is 1.94 bits per heavy atom. The van der Waals surface area contributed by atoms with E-state index in [0.717, 1.165) is 25.9 Å². The maximum Gasteiger partial charge on any atom is 0.409 e. The summed E-state index contributed by atoms with van der Waals surface area (Å²) in [6, 6.07) is 11.2. The van der Waals surface area contributed by atoms with Crippen LogP contribution in [0.5, 0.6) is 0 Å². The largest absolute Gasteiger partial charge is 0.465 e. The number of carboxylic acid groups (broad SMARTS) is 1. The number of aromatic amines is 1. The van der Waals surface area contributed by atoms with E-state index < -0.39 is 18.0 Å². The molecule has 6 rings (SSSR count). The van der Waals surface area contributed by atoms with Crippen LogP contribution >= 0.6 is 23.2 Å². The lowest BCUT2D eigenvalue weighted by molar-refractivity contribution is -0.137. The van der Waals surface area contributed by atoms with Crippen molar-refractivity contribution in [1.82, 2.24) is 45.3 Å². The van der Waals surface area contributed by atoms with Gasteiger partial charge < -0.3 is 20.3 Å². The predicted octanol–water partition coefficient (Wildman–Crippen LogP) is 4.41. The highest BCUT2D eigenvalue weighted by atomic mass is 35.5. The molecule has 2 aromatic heterocycles. The molecule has 2 unspecified atom stereocenters. The number of nitrogens with one attached hydrogen (secondary N) is 3. The van der Waals surface area contributed by atoms with Gasteiger partial charge in [-0.2, -0.15) is 4.68 Å². The summed E-state index contributed by atoms with van der Waals surface area (Å²) in [4.78, 5) is 50.3. The van der Waals surface area contributed by atoms with Crippen LogP contribution in [0.25, 0.3) is 23.0 Å². The zero-order valence-electron chi connectivity index (χ0n) is 25.3. The lowest BCUT2D eigenvalue weighted by Gasteiger charge is -2.43. The van der Waals surface area contributed by atoms with Crippen molar-refractivity contribution in [2.45, 2.75) is 44.3 Å². The zero-order chi connectivity index (χ0) is 33.1. The molecule has 0 spiro atoms. The van der Waals surface area contributed by atoms with Crippen LogP contribution in [0.1, 0.15) is 43.6 Å². The smallest absolute Gasteiger partial charge is 0.409 e. The molecule has 2 aliphatic heterocycles. The fourth-order valence-corrected chi connectivity index (χ4v) is 6.70. The number of halogens is 2. The molecule has 3 amide bonds. The van der Waals surface area contributed by atoms with Gasteiger partial charge in [0.05, 0.1) is 18.2 Å². The minimum atomic E-state index is -1.18. The number of fused-ring (bicyclic) bond motifs is 1. The van der Waals surface area contributed by atoms with E-state index >= 15 is 0 Å². The minimum absolute atomic E-state index is 0.0381. The number of nitrogens with zero attached hydrogens (tertiary/aromatic N) is 7. The fraction of sp³-hybridized carbons (Fsp3) is 0.323. The van der Waals surface area contributed by atoms with Gasteiger partial charge in [0.2, 0.25) is 11.8 Å². The Hall–Kier alpha value is -4.79. The molecule has 4 N–H and O–H groups in total. The lowest BCUT2D eigenvalue weighted by Crippen LogP contribution is -2.58. The van der Waals surface area contributed by atoms with Crippen LogP contribution in [0.3, 0.4) is 0 Å². The number of aromatic nitrogens is 6. The first kappa shape index (κ1) is 32.2. The van der Waals surface area contributed by atoms with E-state index in [2.05, 4.69) is 48.0 Å². The molecule has 2 saturated heterocycles. The van der Waals surface area contributed by atoms with Crippen LogP contribution in [0.2, 0.25) is 10.2 Å². The Morgan fingerprint density at radius 3 is 2.68 bits per heavy atom. The number of carbonyl (C=O) groups is 3. The second-order valence-corrected chi connectivity index (χ2v) is 12.2. The SMILES string of the molecule is CC1C2CCCN2CCN1C(=O)C[C@H](NC(=O)/C=C/c1cc(Cl)ccc1-n1cnnn1)c1nc(-c2ccc(NC(=O)O)cc2)c(Cl)[nH]1. The molecule has 3 atom stereocenters. The number of H-pyrrole nitrogens is 1.